The van der Waals surface area contributed by atoms with Crippen LogP contribution in [0.3, 0.4) is 0 Å². The summed E-state index contributed by atoms with van der Waals surface area (Å²) in [6, 6.07) is 5.15. The number of ether oxygens (including phenoxy) is 2. The minimum Gasteiger partial charge on any atom is -0.444 e. The Morgan fingerprint density at radius 1 is 1.29 bits per heavy atom. The van der Waals surface area contributed by atoms with Gasteiger partial charge in [-0.15, -0.1) is 0 Å². The van der Waals surface area contributed by atoms with Crippen LogP contribution in [0.15, 0.2) is 16.6 Å². The average molecular weight is 511 g/mol. The topological polar surface area (TPSA) is 56.6 Å². The van der Waals surface area contributed by atoms with Crippen LogP contribution in [0.5, 0.6) is 0 Å². The van der Waals surface area contributed by atoms with Crippen LogP contribution < -0.4 is 0 Å². The SMILES string of the molecule is Cc1c(Br)ccc2c1nc([C@@H]1CCCN1C(=O)OC(C)(C)C)n2COCC[Si](C)(C)C. The van der Waals surface area contributed by atoms with Gasteiger partial charge in [-0.3, -0.25) is 4.90 Å². The van der Waals surface area contributed by atoms with Gasteiger partial charge in [0.15, 0.2) is 0 Å². The molecule has 0 bridgehead atoms. The van der Waals surface area contributed by atoms with Crippen molar-refractivity contribution in [2.24, 2.45) is 0 Å². The molecular formula is C23H36BrN3O3Si. The van der Waals surface area contributed by atoms with Crippen LogP contribution in [-0.4, -0.2) is 47.4 Å². The number of imidazole rings is 1. The van der Waals surface area contributed by atoms with Crippen molar-refractivity contribution < 1.29 is 14.3 Å². The Kier molecular flexibility index (Phi) is 7.23. The van der Waals surface area contributed by atoms with Crippen molar-refractivity contribution in [2.75, 3.05) is 13.2 Å². The first-order valence-electron chi connectivity index (χ1n) is 11.1. The Morgan fingerprint density at radius 2 is 2.00 bits per heavy atom. The van der Waals surface area contributed by atoms with Crippen molar-refractivity contribution >= 4 is 41.1 Å². The number of hydrogen-bond donors (Lipinski definition) is 0. The Bertz CT molecular complexity index is 946. The van der Waals surface area contributed by atoms with Gasteiger partial charge in [0, 0.05) is 25.7 Å². The van der Waals surface area contributed by atoms with Crippen molar-refractivity contribution in [3.8, 4) is 0 Å². The van der Waals surface area contributed by atoms with Gasteiger partial charge < -0.3 is 14.0 Å². The van der Waals surface area contributed by atoms with Crippen molar-refractivity contribution in [2.45, 2.75) is 84.6 Å². The fourth-order valence-electron chi connectivity index (χ4n) is 3.82. The molecule has 172 valence electrons. The second-order valence-electron chi connectivity index (χ2n) is 10.6. The van der Waals surface area contributed by atoms with Crippen LogP contribution in [0.1, 0.15) is 51.0 Å². The summed E-state index contributed by atoms with van der Waals surface area (Å²) < 4.78 is 15.0. The van der Waals surface area contributed by atoms with Gasteiger partial charge in [0.2, 0.25) is 0 Å². The number of aromatic nitrogens is 2. The second-order valence-corrected chi connectivity index (χ2v) is 17.1. The summed E-state index contributed by atoms with van der Waals surface area (Å²) in [4.78, 5) is 19.7. The van der Waals surface area contributed by atoms with Gasteiger partial charge in [0.25, 0.3) is 0 Å². The number of nitrogens with zero attached hydrogens (tertiary/aromatic N) is 3. The first kappa shape index (κ1) is 24.3. The molecule has 1 amide bonds. The average Bonchev–Trinajstić information content (AvgIpc) is 3.24. The molecule has 1 aromatic carbocycles. The molecule has 31 heavy (non-hydrogen) atoms. The summed E-state index contributed by atoms with van der Waals surface area (Å²) in [5.41, 5.74) is 2.57. The number of fused-ring (bicyclic) bond motifs is 1. The highest BCUT2D eigenvalue weighted by Crippen LogP contribution is 2.36. The summed E-state index contributed by atoms with van der Waals surface area (Å²) in [5, 5.41) is 0. The Morgan fingerprint density at radius 3 is 2.65 bits per heavy atom. The zero-order chi connectivity index (χ0) is 23.0. The molecule has 3 rings (SSSR count). The molecule has 0 aliphatic carbocycles. The van der Waals surface area contributed by atoms with Crippen molar-refractivity contribution in [1.29, 1.82) is 0 Å². The van der Waals surface area contributed by atoms with E-state index in [1.165, 1.54) is 0 Å². The van der Waals surface area contributed by atoms with E-state index in [1.54, 1.807) is 0 Å². The van der Waals surface area contributed by atoms with E-state index < -0.39 is 13.7 Å². The van der Waals surface area contributed by atoms with E-state index in [0.717, 1.165) is 52.4 Å². The number of amides is 1. The number of rotatable bonds is 6. The van der Waals surface area contributed by atoms with Crippen LogP contribution >= 0.6 is 15.9 Å². The van der Waals surface area contributed by atoms with E-state index in [1.807, 2.05) is 25.7 Å². The lowest BCUT2D eigenvalue weighted by atomic mass is 10.2. The Hall–Kier alpha value is -1.38. The fourth-order valence-corrected chi connectivity index (χ4v) is 4.89. The van der Waals surface area contributed by atoms with Crippen LogP contribution in [0, 0.1) is 6.92 Å². The minimum absolute atomic E-state index is 0.110. The van der Waals surface area contributed by atoms with E-state index in [2.05, 4.69) is 59.2 Å². The van der Waals surface area contributed by atoms with E-state index in [9.17, 15) is 4.79 Å². The molecule has 0 saturated carbocycles. The van der Waals surface area contributed by atoms with E-state index >= 15 is 0 Å². The molecule has 2 aromatic rings. The first-order valence-corrected chi connectivity index (χ1v) is 15.6. The lowest BCUT2D eigenvalue weighted by Gasteiger charge is -2.28. The Labute approximate surface area is 195 Å². The zero-order valence-electron chi connectivity index (χ0n) is 19.9. The molecule has 1 aliphatic rings. The number of hydrogen-bond acceptors (Lipinski definition) is 4. The smallest absolute Gasteiger partial charge is 0.410 e. The predicted octanol–water partition coefficient (Wildman–Crippen LogP) is 6.49. The molecule has 6 nitrogen and oxygen atoms in total. The van der Waals surface area contributed by atoms with E-state index in [-0.39, 0.29) is 12.1 Å². The van der Waals surface area contributed by atoms with Gasteiger partial charge in [-0.2, -0.15) is 0 Å². The van der Waals surface area contributed by atoms with Crippen molar-refractivity contribution in [3.63, 3.8) is 0 Å². The molecule has 8 heteroatoms. The largest absolute Gasteiger partial charge is 0.444 e. The maximum absolute atomic E-state index is 12.9. The maximum atomic E-state index is 12.9. The fraction of sp³-hybridized carbons (Fsp3) is 0.652. The van der Waals surface area contributed by atoms with Gasteiger partial charge in [-0.1, -0.05) is 35.6 Å². The quantitative estimate of drug-likeness (QED) is 0.329. The van der Waals surface area contributed by atoms with Gasteiger partial charge in [0.1, 0.15) is 18.2 Å². The van der Waals surface area contributed by atoms with E-state index in [4.69, 9.17) is 14.5 Å². The number of carbonyl (C=O) groups excluding carboxylic acids is 1. The van der Waals surface area contributed by atoms with Crippen LogP contribution in [0.4, 0.5) is 4.79 Å². The predicted molar refractivity (Wildman–Crippen MR) is 131 cm³/mol. The number of carbonyl (C=O) groups is 1. The number of aryl methyl sites for hydroxylation is 1. The zero-order valence-corrected chi connectivity index (χ0v) is 22.5. The summed E-state index contributed by atoms with van der Waals surface area (Å²) >= 11 is 3.63. The van der Waals surface area contributed by atoms with E-state index in [0.29, 0.717) is 13.3 Å². The minimum atomic E-state index is -1.16. The highest BCUT2D eigenvalue weighted by atomic mass is 79.9. The van der Waals surface area contributed by atoms with Crippen LogP contribution in [0.25, 0.3) is 11.0 Å². The molecule has 0 N–H and O–H groups in total. The Balaban J connectivity index is 1.94. The second kappa shape index (κ2) is 9.23. The molecule has 1 aliphatic heterocycles. The molecule has 1 aromatic heterocycles. The lowest BCUT2D eigenvalue weighted by molar-refractivity contribution is 0.0205. The third-order valence-corrected chi connectivity index (χ3v) is 8.10. The summed E-state index contributed by atoms with van der Waals surface area (Å²) in [6.07, 6.45) is 1.54. The monoisotopic (exact) mass is 509 g/mol. The molecular weight excluding hydrogens is 474 g/mol. The third kappa shape index (κ3) is 5.90. The highest BCUT2D eigenvalue weighted by molar-refractivity contribution is 9.10. The number of halogens is 1. The first-order chi connectivity index (χ1) is 14.4. The van der Waals surface area contributed by atoms with Crippen molar-refractivity contribution in [3.05, 3.63) is 28.0 Å². The van der Waals surface area contributed by atoms with Gasteiger partial charge in [-0.25, -0.2) is 9.78 Å². The summed E-state index contributed by atoms with van der Waals surface area (Å²) in [5.74, 6) is 0.882. The molecule has 1 saturated heterocycles. The number of benzene rings is 1. The van der Waals surface area contributed by atoms with Crippen molar-refractivity contribution in [1.82, 2.24) is 14.5 Å². The van der Waals surface area contributed by atoms with Crippen LogP contribution in [-0.2, 0) is 16.2 Å². The molecule has 2 heterocycles. The normalized spacial score (nSPS) is 17.5. The number of likely N-dealkylation sites (tertiary alicyclic amines) is 1. The highest BCUT2D eigenvalue weighted by Gasteiger charge is 2.36. The molecule has 0 radical (unpaired) electrons. The van der Waals surface area contributed by atoms with Gasteiger partial charge >= 0.3 is 6.09 Å². The third-order valence-electron chi connectivity index (χ3n) is 5.53. The van der Waals surface area contributed by atoms with Crippen LogP contribution in [0.2, 0.25) is 25.7 Å². The molecule has 1 fully saturated rings. The van der Waals surface area contributed by atoms with Gasteiger partial charge in [0.05, 0.1) is 17.1 Å². The summed E-state index contributed by atoms with van der Waals surface area (Å²) in [7, 11) is -1.16. The maximum Gasteiger partial charge on any atom is 0.410 e. The van der Waals surface area contributed by atoms with Gasteiger partial charge in [-0.05, 0) is 64.3 Å². The molecule has 0 spiro atoms. The molecule has 0 unspecified atom stereocenters. The summed E-state index contributed by atoms with van der Waals surface area (Å²) in [6.45, 7) is 16.7. The molecule has 1 atom stereocenters. The lowest BCUT2D eigenvalue weighted by Crippen LogP contribution is -2.37. The standard InChI is InChI=1S/C23H36BrN3O3Si/c1-16-17(24)10-11-18-20(16)25-21(27(18)15-29-13-14-31(5,6)7)19-9-8-12-26(19)22(28)30-23(2,3)4/h10-11,19H,8-9,12-15H2,1-7H3/t19-/m0/s1.